The van der Waals surface area contributed by atoms with E-state index < -0.39 is 0 Å². The second-order valence-electron chi connectivity index (χ2n) is 3.43. The summed E-state index contributed by atoms with van der Waals surface area (Å²) >= 11 is 0. The molecular formula is C13H13FN2. The molecule has 2 rings (SSSR count). The number of pyridine rings is 1. The minimum Gasteiger partial charge on any atom is -0.341 e. The van der Waals surface area contributed by atoms with Gasteiger partial charge in [-0.3, -0.25) is 4.98 Å². The first kappa shape index (κ1) is 10.6. The molecule has 16 heavy (non-hydrogen) atoms. The van der Waals surface area contributed by atoms with E-state index >= 15 is 0 Å². The van der Waals surface area contributed by atoms with Crippen LogP contribution >= 0.6 is 0 Å². The molecule has 0 saturated carbocycles. The fourth-order valence-corrected chi connectivity index (χ4v) is 1.65. The summed E-state index contributed by atoms with van der Waals surface area (Å²) in [5.74, 6) is -0.217. The molecular weight excluding hydrogens is 203 g/mol. The van der Waals surface area contributed by atoms with Gasteiger partial charge in [-0.1, -0.05) is 0 Å². The third kappa shape index (κ3) is 2.19. The summed E-state index contributed by atoms with van der Waals surface area (Å²) in [6.07, 6.45) is 3.54. The first-order valence-corrected chi connectivity index (χ1v) is 5.24. The lowest BCUT2D eigenvalue weighted by atomic mass is 10.2. The first-order valence-electron chi connectivity index (χ1n) is 5.24. The highest BCUT2D eigenvalue weighted by atomic mass is 19.1. The van der Waals surface area contributed by atoms with Gasteiger partial charge in [0.25, 0.3) is 0 Å². The van der Waals surface area contributed by atoms with Crippen LogP contribution in [0.1, 0.15) is 6.92 Å². The smallest absolute Gasteiger partial charge is 0.123 e. The topological polar surface area (TPSA) is 16.1 Å². The Morgan fingerprint density at radius 2 is 1.88 bits per heavy atom. The molecule has 0 atom stereocenters. The fraction of sp³-hybridized carbons (Fsp3) is 0.154. The lowest BCUT2D eigenvalue weighted by Gasteiger charge is -2.22. The van der Waals surface area contributed by atoms with Crippen LogP contribution in [-0.4, -0.2) is 11.5 Å². The molecule has 0 bridgehead atoms. The highest BCUT2D eigenvalue weighted by Crippen LogP contribution is 2.23. The van der Waals surface area contributed by atoms with Gasteiger partial charge >= 0.3 is 0 Å². The lowest BCUT2D eigenvalue weighted by Crippen LogP contribution is -2.15. The maximum atomic E-state index is 12.8. The highest BCUT2D eigenvalue weighted by molar-refractivity contribution is 5.61. The van der Waals surface area contributed by atoms with Crippen LogP contribution in [0.2, 0.25) is 0 Å². The Morgan fingerprint density at radius 3 is 2.44 bits per heavy atom. The summed E-state index contributed by atoms with van der Waals surface area (Å²) < 4.78 is 12.8. The van der Waals surface area contributed by atoms with Crippen molar-refractivity contribution < 1.29 is 4.39 Å². The Balaban J connectivity index is 2.33. The van der Waals surface area contributed by atoms with Gasteiger partial charge in [0.1, 0.15) is 5.82 Å². The van der Waals surface area contributed by atoms with Crippen molar-refractivity contribution in [2.45, 2.75) is 6.92 Å². The van der Waals surface area contributed by atoms with Crippen LogP contribution in [0.25, 0.3) is 0 Å². The van der Waals surface area contributed by atoms with Gasteiger partial charge in [0.2, 0.25) is 0 Å². The molecule has 0 fully saturated rings. The Hall–Kier alpha value is -1.90. The van der Waals surface area contributed by atoms with Crippen molar-refractivity contribution in [3.8, 4) is 0 Å². The Labute approximate surface area is 94.4 Å². The van der Waals surface area contributed by atoms with Gasteiger partial charge in [0.15, 0.2) is 0 Å². The molecule has 1 aromatic carbocycles. The first-order chi connectivity index (χ1) is 7.81. The minimum atomic E-state index is -0.217. The van der Waals surface area contributed by atoms with Gasteiger partial charge in [-0.05, 0) is 43.3 Å². The van der Waals surface area contributed by atoms with Crippen LogP contribution in [0.15, 0.2) is 48.8 Å². The van der Waals surface area contributed by atoms with Crippen molar-refractivity contribution in [3.05, 3.63) is 54.6 Å². The molecule has 3 heteroatoms. The molecule has 0 spiro atoms. The second kappa shape index (κ2) is 4.75. The highest BCUT2D eigenvalue weighted by Gasteiger charge is 2.06. The van der Waals surface area contributed by atoms with Gasteiger partial charge in [-0.15, -0.1) is 0 Å². The van der Waals surface area contributed by atoms with Crippen molar-refractivity contribution in [3.63, 3.8) is 0 Å². The van der Waals surface area contributed by atoms with Crippen molar-refractivity contribution in [2.75, 3.05) is 11.4 Å². The van der Waals surface area contributed by atoms with Crippen molar-refractivity contribution >= 4 is 11.4 Å². The zero-order valence-corrected chi connectivity index (χ0v) is 9.10. The maximum absolute atomic E-state index is 12.8. The predicted molar refractivity (Wildman–Crippen MR) is 63.3 cm³/mol. The quantitative estimate of drug-likeness (QED) is 0.781. The van der Waals surface area contributed by atoms with Gasteiger partial charge in [0.05, 0.1) is 11.9 Å². The molecule has 0 unspecified atom stereocenters. The number of aromatic nitrogens is 1. The van der Waals surface area contributed by atoms with E-state index in [2.05, 4.69) is 16.8 Å². The van der Waals surface area contributed by atoms with E-state index in [1.54, 1.807) is 24.5 Å². The number of hydrogen-bond acceptors (Lipinski definition) is 2. The number of benzene rings is 1. The fourth-order valence-electron chi connectivity index (χ4n) is 1.65. The van der Waals surface area contributed by atoms with Gasteiger partial charge in [0, 0.05) is 18.4 Å². The van der Waals surface area contributed by atoms with Gasteiger partial charge in [-0.25, -0.2) is 4.39 Å². The zero-order valence-electron chi connectivity index (χ0n) is 9.10. The van der Waals surface area contributed by atoms with E-state index in [0.717, 1.165) is 17.9 Å². The zero-order chi connectivity index (χ0) is 11.4. The van der Waals surface area contributed by atoms with Crippen molar-refractivity contribution in [1.29, 1.82) is 0 Å². The summed E-state index contributed by atoms with van der Waals surface area (Å²) in [4.78, 5) is 6.16. The Kier molecular flexibility index (Phi) is 3.15. The minimum absolute atomic E-state index is 0.217. The Morgan fingerprint density at radius 1 is 1.12 bits per heavy atom. The van der Waals surface area contributed by atoms with Gasteiger partial charge < -0.3 is 4.90 Å². The van der Waals surface area contributed by atoms with Crippen LogP contribution in [-0.2, 0) is 0 Å². The third-order valence-electron chi connectivity index (χ3n) is 2.41. The van der Waals surface area contributed by atoms with Crippen LogP contribution in [0.3, 0.4) is 0 Å². The predicted octanol–water partition coefficient (Wildman–Crippen LogP) is 3.38. The molecule has 2 nitrogen and oxygen atoms in total. The summed E-state index contributed by atoms with van der Waals surface area (Å²) in [5, 5.41) is 0. The number of rotatable bonds is 3. The molecule has 0 amide bonds. The van der Waals surface area contributed by atoms with Crippen LogP contribution < -0.4 is 4.90 Å². The van der Waals surface area contributed by atoms with E-state index in [1.165, 1.54) is 12.1 Å². The van der Waals surface area contributed by atoms with E-state index in [-0.39, 0.29) is 5.82 Å². The lowest BCUT2D eigenvalue weighted by molar-refractivity contribution is 0.628. The second-order valence-corrected chi connectivity index (χ2v) is 3.43. The molecule has 1 aromatic heterocycles. The third-order valence-corrected chi connectivity index (χ3v) is 2.41. The number of anilines is 2. The average Bonchev–Trinajstić information content (AvgIpc) is 2.34. The SMILES string of the molecule is CCN(c1ccc(F)cc1)c1cccnc1. The monoisotopic (exact) mass is 216 g/mol. The van der Waals surface area contributed by atoms with Crippen molar-refractivity contribution in [1.82, 2.24) is 4.98 Å². The summed E-state index contributed by atoms with van der Waals surface area (Å²) in [6, 6.07) is 10.3. The molecule has 0 aliphatic heterocycles. The largest absolute Gasteiger partial charge is 0.341 e. The van der Waals surface area contributed by atoms with Crippen LogP contribution in [0.5, 0.6) is 0 Å². The molecule has 0 saturated heterocycles. The Bertz CT molecular complexity index is 439. The molecule has 1 heterocycles. The maximum Gasteiger partial charge on any atom is 0.123 e. The van der Waals surface area contributed by atoms with Crippen molar-refractivity contribution in [2.24, 2.45) is 0 Å². The molecule has 0 aliphatic rings. The summed E-state index contributed by atoms with van der Waals surface area (Å²) in [5.41, 5.74) is 1.98. The summed E-state index contributed by atoms with van der Waals surface area (Å²) in [7, 11) is 0. The van der Waals surface area contributed by atoms with E-state index in [1.807, 2.05) is 12.1 Å². The molecule has 2 aromatic rings. The molecule has 0 radical (unpaired) electrons. The standard InChI is InChI=1S/C13H13FN2/c1-2-16(13-4-3-9-15-10-13)12-7-5-11(14)6-8-12/h3-10H,2H2,1H3. The number of nitrogens with zero attached hydrogens (tertiary/aromatic N) is 2. The van der Waals surface area contributed by atoms with E-state index in [4.69, 9.17) is 0 Å². The molecule has 0 N–H and O–H groups in total. The van der Waals surface area contributed by atoms with Crippen LogP contribution in [0.4, 0.5) is 15.8 Å². The summed E-state index contributed by atoms with van der Waals surface area (Å²) in [6.45, 7) is 2.87. The van der Waals surface area contributed by atoms with E-state index in [0.29, 0.717) is 0 Å². The number of halogens is 1. The van der Waals surface area contributed by atoms with E-state index in [9.17, 15) is 4.39 Å². The average molecular weight is 216 g/mol. The molecule has 0 aliphatic carbocycles. The molecule has 82 valence electrons. The number of hydrogen-bond donors (Lipinski definition) is 0. The van der Waals surface area contributed by atoms with Crippen LogP contribution in [0, 0.1) is 5.82 Å². The van der Waals surface area contributed by atoms with Gasteiger partial charge in [-0.2, -0.15) is 0 Å². The normalized spacial score (nSPS) is 10.1.